The van der Waals surface area contributed by atoms with Crippen molar-refractivity contribution in [3.8, 4) is 0 Å². The van der Waals surface area contributed by atoms with Crippen molar-refractivity contribution in [1.29, 1.82) is 0 Å². The monoisotopic (exact) mass is 326 g/mol. The Kier molecular flexibility index (Phi) is 3.66. The second-order valence-electron chi connectivity index (χ2n) is 8.36. The van der Waals surface area contributed by atoms with Crippen molar-refractivity contribution in [2.45, 2.75) is 52.4 Å². The number of carbonyl (C=O) groups is 2. The highest BCUT2D eigenvalue weighted by atomic mass is 16.2. The van der Waals surface area contributed by atoms with Gasteiger partial charge in [-0.15, -0.1) is 0 Å². The molecule has 128 valence electrons. The Labute approximate surface area is 143 Å². The van der Waals surface area contributed by atoms with Crippen LogP contribution in [0.15, 0.2) is 18.2 Å². The average Bonchev–Trinajstić information content (AvgIpc) is 2.48. The molecule has 4 aliphatic rings. The van der Waals surface area contributed by atoms with Crippen LogP contribution in [0.4, 0.5) is 11.4 Å². The topological polar surface area (TPSA) is 58.2 Å². The third kappa shape index (κ3) is 2.72. The minimum Gasteiger partial charge on any atom is -0.326 e. The highest BCUT2D eigenvalue weighted by molar-refractivity contribution is 5.96. The summed E-state index contributed by atoms with van der Waals surface area (Å²) < 4.78 is 0. The zero-order valence-electron chi connectivity index (χ0n) is 14.5. The van der Waals surface area contributed by atoms with E-state index in [4.69, 9.17) is 0 Å². The van der Waals surface area contributed by atoms with E-state index in [9.17, 15) is 9.59 Å². The molecule has 4 heteroatoms. The molecule has 4 fully saturated rings. The summed E-state index contributed by atoms with van der Waals surface area (Å²) in [6.07, 6.45) is 7.26. The van der Waals surface area contributed by atoms with E-state index in [0.717, 1.165) is 54.0 Å². The molecule has 5 rings (SSSR count). The van der Waals surface area contributed by atoms with E-state index in [1.165, 1.54) is 26.2 Å². The van der Waals surface area contributed by atoms with Crippen LogP contribution in [0.1, 0.15) is 51.0 Å². The van der Waals surface area contributed by atoms with Gasteiger partial charge < -0.3 is 10.6 Å². The summed E-state index contributed by atoms with van der Waals surface area (Å²) >= 11 is 0. The quantitative estimate of drug-likeness (QED) is 0.878. The Balaban J connectivity index is 1.50. The van der Waals surface area contributed by atoms with E-state index in [1.54, 1.807) is 0 Å². The van der Waals surface area contributed by atoms with Crippen LogP contribution >= 0.6 is 0 Å². The lowest BCUT2D eigenvalue weighted by Gasteiger charge is -2.55. The molecule has 0 atom stereocenters. The largest absolute Gasteiger partial charge is 0.326 e. The molecule has 4 bridgehead atoms. The highest BCUT2D eigenvalue weighted by Gasteiger charge is 2.54. The first-order valence-corrected chi connectivity index (χ1v) is 9.13. The normalized spacial score (nSPS) is 33.3. The predicted octanol–water partition coefficient (Wildman–Crippen LogP) is 4.11. The summed E-state index contributed by atoms with van der Waals surface area (Å²) in [6, 6.07) is 5.70. The van der Waals surface area contributed by atoms with E-state index >= 15 is 0 Å². The number of rotatable bonds is 3. The van der Waals surface area contributed by atoms with Crippen LogP contribution in [0.5, 0.6) is 0 Å². The van der Waals surface area contributed by atoms with Gasteiger partial charge in [0.1, 0.15) is 0 Å². The van der Waals surface area contributed by atoms with E-state index in [2.05, 4.69) is 10.6 Å². The average molecular weight is 326 g/mol. The zero-order valence-corrected chi connectivity index (χ0v) is 14.5. The number of benzene rings is 1. The summed E-state index contributed by atoms with van der Waals surface area (Å²) in [7, 11) is 0. The Morgan fingerprint density at radius 2 is 1.58 bits per heavy atom. The maximum Gasteiger partial charge on any atom is 0.230 e. The van der Waals surface area contributed by atoms with Gasteiger partial charge >= 0.3 is 0 Å². The van der Waals surface area contributed by atoms with Crippen molar-refractivity contribution in [2.24, 2.45) is 23.2 Å². The molecule has 1 aromatic carbocycles. The van der Waals surface area contributed by atoms with Crippen LogP contribution in [0.3, 0.4) is 0 Å². The molecule has 0 heterocycles. The van der Waals surface area contributed by atoms with E-state index in [0.29, 0.717) is 0 Å². The molecule has 0 radical (unpaired) electrons. The summed E-state index contributed by atoms with van der Waals surface area (Å²) in [4.78, 5) is 24.3. The van der Waals surface area contributed by atoms with Crippen molar-refractivity contribution in [3.05, 3.63) is 23.8 Å². The third-order valence-corrected chi connectivity index (χ3v) is 6.31. The minimum atomic E-state index is -0.126. The number of hydrogen-bond acceptors (Lipinski definition) is 2. The van der Waals surface area contributed by atoms with Crippen LogP contribution in [0.2, 0.25) is 0 Å². The molecule has 1 aromatic rings. The lowest BCUT2D eigenvalue weighted by molar-refractivity contribution is -0.140. The molecule has 4 saturated carbocycles. The van der Waals surface area contributed by atoms with Gasteiger partial charge in [0.2, 0.25) is 11.8 Å². The fourth-order valence-electron chi connectivity index (χ4n) is 5.72. The smallest absolute Gasteiger partial charge is 0.230 e. The SMILES string of the molecule is CC(=O)Nc1ccc(NC(=O)C23CC4CC(CC(C4)C2)C3)cc1C. The molecule has 2 N–H and O–H groups in total. The standard InChI is InChI=1S/C20H26N2O2/c1-12-5-17(3-4-18(12)21-13(2)23)22-19(24)20-9-14-6-15(10-20)8-16(7-14)11-20/h3-5,14-16H,6-11H2,1-2H3,(H,21,23)(H,22,24). The third-order valence-electron chi connectivity index (χ3n) is 6.31. The van der Waals surface area contributed by atoms with Crippen molar-refractivity contribution < 1.29 is 9.59 Å². The Bertz CT molecular complexity index is 660. The van der Waals surface area contributed by atoms with Gasteiger partial charge in [0.15, 0.2) is 0 Å². The van der Waals surface area contributed by atoms with Crippen molar-refractivity contribution >= 4 is 23.2 Å². The Morgan fingerprint density at radius 1 is 1.00 bits per heavy atom. The van der Waals surface area contributed by atoms with Gasteiger partial charge in [0, 0.05) is 18.3 Å². The molecular weight excluding hydrogens is 300 g/mol. The molecule has 0 saturated heterocycles. The van der Waals surface area contributed by atoms with Crippen molar-refractivity contribution in [3.63, 3.8) is 0 Å². The first kappa shape index (κ1) is 15.7. The maximum atomic E-state index is 13.1. The molecule has 0 spiro atoms. The molecule has 4 nitrogen and oxygen atoms in total. The molecule has 4 aliphatic carbocycles. The summed E-state index contributed by atoms with van der Waals surface area (Å²) in [5.41, 5.74) is 2.48. The van der Waals surface area contributed by atoms with Gasteiger partial charge in [-0.3, -0.25) is 9.59 Å². The number of hydrogen-bond donors (Lipinski definition) is 2. The van der Waals surface area contributed by atoms with Gasteiger partial charge in [-0.05, 0) is 87.0 Å². The summed E-state index contributed by atoms with van der Waals surface area (Å²) in [6.45, 7) is 3.45. The molecule has 2 amide bonds. The number of nitrogens with one attached hydrogen (secondary N) is 2. The number of anilines is 2. The molecule has 0 aromatic heterocycles. The second kappa shape index (κ2) is 5.61. The summed E-state index contributed by atoms with van der Waals surface area (Å²) in [5, 5.41) is 5.98. The van der Waals surface area contributed by atoms with E-state index in [-0.39, 0.29) is 17.2 Å². The van der Waals surface area contributed by atoms with Gasteiger partial charge in [-0.25, -0.2) is 0 Å². The minimum absolute atomic E-state index is 0.0801. The fraction of sp³-hybridized carbons (Fsp3) is 0.600. The number of aryl methyl sites for hydroxylation is 1. The fourth-order valence-corrected chi connectivity index (χ4v) is 5.72. The maximum absolute atomic E-state index is 13.1. The summed E-state index contributed by atoms with van der Waals surface area (Å²) in [5.74, 6) is 2.44. The highest BCUT2D eigenvalue weighted by Crippen LogP contribution is 2.60. The Morgan fingerprint density at radius 3 is 2.08 bits per heavy atom. The van der Waals surface area contributed by atoms with Crippen LogP contribution in [0.25, 0.3) is 0 Å². The van der Waals surface area contributed by atoms with Gasteiger partial charge in [0.05, 0.1) is 5.41 Å². The second-order valence-corrected chi connectivity index (χ2v) is 8.36. The molecule has 24 heavy (non-hydrogen) atoms. The predicted molar refractivity (Wildman–Crippen MR) is 94.7 cm³/mol. The number of carbonyl (C=O) groups excluding carboxylic acids is 2. The van der Waals surface area contributed by atoms with Crippen LogP contribution in [0, 0.1) is 30.1 Å². The Hall–Kier alpha value is -1.84. The van der Waals surface area contributed by atoms with Crippen molar-refractivity contribution in [2.75, 3.05) is 10.6 Å². The van der Waals surface area contributed by atoms with Crippen LogP contribution < -0.4 is 10.6 Å². The van der Waals surface area contributed by atoms with Crippen LogP contribution in [-0.4, -0.2) is 11.8 Å². The van der Waals surface area contributed by atoms with Crippen LogP contribution in [-0.2, 0) is 9.59 Å². The van der Waals surface area contributed by atoms with E-state index < -0.39 is 0 Å². The first-order chi connectivity index (χ1) is 11.4. The van der Waals surface area contributed by atoms with Gasteiger partial charge in [-0.1, -0.05) is 0 Å². The van der Waals surface area contributed by atoms with Crippen molar-refractivity contribution in [1.82, 2.24) is 0 Å². The lowest BCUT2D eigenvalue weighted by atomic mass is 9.49. The van der Waals surface area contributed by atoms with Gasteiger partial charge in [-0.2, -0.15) is 0 Å². The zero-order chi connectivity index (χ0) is 16.9. The first-order valence-electron chi connectivity index (χ1n) is 9.13. The number of amides is 2. The van der Waals surface area contributed by atoms with E-state index in [1.807, 2.05) is 25.1 Å². The molecule has 0 aliphatic heterocycles. The lowest BCUT2D eigenvalue weighted by Crippen LogP contribution is -2.51. The van der Waals surface area contributed by atoms with Gasteiger partial charge in [0.25, 0.3) is 0 Å². The molecule has 0 unspecified atom stereocenters. The molecular formula is C20H26N2O2.